The van der Waals surface area contributed by atoms with Gasteiger partial charge in [0.15, 0.2) is 5.76 Å². The van der Waals surface area contributed by atoms with E-state index in [0.717, 1.165) is 0 Å². The third kappa shape index (κ3) is 3.86. The Kier molecular flexibility index (Phi) is 5.06. The zero-order valence-corrected chi connectivity index (χ0v) is 16.1. The molecule has 0 spiro atoms. The van der Waals surface area contributed by atoms with Gasteiger partial charge in [0.25, 0.3) is 0 Å². The van der Waals surface area contributed by atoms with E-state index >= 15 is 0 Å². The van der Waals surface area contributed by atoms with Gasteiger partial charge in [0, 0.05) is 6.07 Å². The number of methoxy groups -OCH3 is 1. The van der Waals surface area contributed by atoms with Crippen LogP contribution in [0.4, 0.5) is 0 Å². The van der Waals surface area contributed by atoms with Crippen molar-refractivity contribution in [2.24, 2.45) is 0 Å². The van der Waals surface area contributed by atoms with Gasteiger partial charge < -0.3 is 14.2 Å². The maximum Gasteiger partial charge on any atom is 0.345 e. The zero-order valence-electron chi connectivity index (χ0n) is 15.3. The van der Waals surface area contributed by atoms with E-state index in [1.54, 1.807) is 79.9 Å². The quantitative estimate of drug-likeness (QED) is 0.339. The molecule has 0 fully saturated rings. The van der Waals surface area contributed by atoms with Crippen molar-refractivity contribution >= 4 is 29.4 Å². The lowest BCUT2D eigenvalue weighted by atomic mass is 10.1. The number of carbonyl (C=O) groups excluding carboxylic acids is 2. The summed E-state index contributed by atoms with van der Waals surface area (Å²) >= 11 is 6.04. The van der Waals surface area contributed by atoms with E-state index in [4.69, 9.17) is 25.8 Å². The average Bonchev–Trinajstić information content (AvgIpc) is 3.03. The topological polar surface area (TPSA) is 61.8 Å². The molecule has 3 aromatic rings. The molecule has 1 heterocycles. The van der Waals surface area contributed by atoms with Crippen LogP contribution in [-0.4, -0.2) is 18.9 Å². The summed E-state index contributed by atoms with van der Waals surface area (Å²) in [5, 5.41) is 0.314. The molecule has 5 nitrogen and oxygen atoms in total. The maximum absolute atomic E-state index is 12.6. The predicted molar refractivity (Wildman–Crippen MR) is 109 cm³/mol. The fourth-order valence-corrected chi connectivity index (χ4v) is 3.12. The van der Waals surface area contributed by atoms with E-state index in [9.17, 15) is 9.59 Å². The largest absolute Gasteiger partial charge is 0.497 e. The van der Waals surface area contributed by atoms with Gasteiger partial charge in [0.1, 0.15) is 17.2 Å². The maximum atomic E-state index is 12.6. The first kappa shape index (κ1) is 18.8. The molecule has 0 unspecified atom stereocenters. The highest BCUT2D eigenvalue weighted by molar-refractivity contribution is 6.33. The first-order valence-electron chi connectivity index (χ1n) is 8.74. The summed E-state index contributed by atoms with van der Waals surface area (Å²) in [5.41, 5.74) is 1.40. The lowest BCUT2D eigenvalue weighted by molar-refractivity contribution is 0.0734. The van der Waals surface area contributed by atoms with Gasteiger partial charge in [-0.15, -0.1) is 0 Å². The van der Waals surface area contributed by atoms with Crippen LogP contribution in [0.2, 0.25) is 5.02 Å². The van der Waals surface area contributed by atoms with Crippen molar-refractivity contribution in [2.75, 3.05) is 7.11 Å². The number of esters is 1. The van der Waals surface area contributed by atoms with Gasteiger partial charge in [-0.3, -0.25) is 4.79 Å². The first-order chi connectivity index (χ1) is 14.0. The summed E-state index contributed by atoms with van der Waals surface area (Å²) < 4.78 is 16.2. The van der Waals surface area contributed by atoms with Crippen molar-refractivity contribution in [2.45, 2.75) is 0 Å². The minimum atomic E-state index is -0.562. The van der Waals surface area contributed by atoms with Crippen LogP contribution < -0.4 is 14.2 Å². The number of carbonyl (C=O) groups is 2. The molecule has 3 aromatic carbocycles. The van der Waals surface area contributed by atoms with Crippen LogP contribution in [0.5, 0.6) is 17.2 Å². The SMILES string of the molecule is COc1ccc2c(c1)O/C(=C\c1cccc(OC(=O)c3ccccc3Cl)c1)C2=O. The number of allylic oxidation sites excluding steroid dienone is 1. The number of halogens is 1. The molecule has 0 aliphatic carbocycles. The molecule has 6 heteroatoms. The monoisotopic (exact) mass is 406 g/mol. The van der Waals surface area contributed by atoms with Crippen LogP contribution in [0.3, 0.4) is 0 Å². The Balaban J connectivity index is 1.56. The zero-order chi connectivity index (χ0) is 20.4. The number of Topliss-reactive ketones (excluding diaryl/α,β-unsaturated/α-hetero) is 1. The standard InChI is InChI=1S/C23H15ClO5/c1-27-15-9-10-18-20(13-15)29-21(22(18)25)12-14-5-4-6-16(11-14)28-23(26)17-7-2-3-8-19(17)24/h2-13H,1H3/b21-12-. The number of hydrogen-bond donors (Lipinski definition) is 0. The van der Waals surface area contributed by atoms with E-state index < -0.39 is 5.97 Å². The lowest BCUT2D eigenvalue weighted by Gasteiger charge is -2.06. The molecule has 29 heavy (non-hydrogen) atoms. The molecule has 0 aromatic heterocycles. The van der Waals surface area contributed by atoms with Crippen LogP contribution >= 0.6 is 11.6 Å². The normalized spacial score (nSPS) is 13.7. The summed E-state index contributed by atoms with van der Waals surface area (Å²) in [6.07, 6.45) is 1.60. The summed E-state index contributed by atoms with van der Waals surface area (Å²) in [4.78, 5) is 24.9. The van der Waals surface area contributed by atoms with Crippen molar-refractivity contribution in [1.82, 2.24) is 0 Å². The average molecular weight is 407 g/mol. The fraction of sp³-hybridized carbons (Fsp3) is 0.0435. The van der Waals surface area contributed by atoms with Gasteiger partial charge in [-0.05, 0) is 48.0 Å². The van der Waals surface area contributed by atoms with Crippen molar-refractivity contribution in [3.05, 3.63) is 94.2 Å². The number of hydrogen-bond acceptors (Lipinski definition) is 5. The Morgan fingerprint density at radius 2 is 1.83 bits per heavy atom. The number of benzene rings is 3. The second-order valence-electron chi connectivity index (χ2n) is 6.24. The van der Waals surface area contributed by atoms with Gasteiger partial charge in [-0.1, -0.05) is 35.9 Å². The molecule has 144 valence electrons. The minimum absolute atomic E-state index is 0.183. The molecule has 0 atom stereocenters. The first-order valence-corrected chi connectivity index (χ1v) is 9.12. The summed E-state index contributed by atoms with van der Waals surface area (Å²) in [7, 11) is 1.55. The molecule has 4 rings (SSSR count). The Morgan fingerprint density at radius 1 is 1.00 bits per heavy atom. The van der Waals surface area contributed by atoms with Crippen molar-refractivity contribution in [3.8, 4) is 17.2 Å². The Bertz CT molecular complexity index is 1150. The molecule has 1 aliphatic heterocycles. The Hall–Kier alpha value is -3.57. The molecule has 0 amide bonds. The highest BCUT2D eigenvalue weighted by Gasteiger charge is 2.27. The molecular formula is C23H15ClO5. The molecular weight excluding hydrogens is 392 g/mol. The summed E-state index contributed by atoms with van der Waals surface area (Å²) in [5.74, 6) is 0.777. The lowest BCUT2D eigenvalue weighted by Crippen LogP contribution is -2.09. The second kappa shape index (κ2) is 7.81. The van der Waals surface area contributed by atoms with Gasteiger partial charge in [-0.2, -0.15) is 0 Å². The van der Waals surface area contributed by atoms with E-state index in [0.29, 0.717) is 33.4 Å². The number of ether oxygens (including phenoxy) is 3. The van der Waals surface area contributed by atoms with Crippen molar-refractivity contribution in [1.29, 1.82) is 0 Å². The smallest absolute Gasteiger partial charge is 0.345 e. The van der Waals surface area contributed by atoms with Crippen LogP contribution in [0.15, 0.2) is 72.5 Å². The molecule has 0 saturated carbocycles. The van der Waals surface area contributed by atoms with Gasteiger partial charge in [0.2, 0.25) is 5.78 Å². The van der Waals surface area contributed by atoms with E-state index in [2.05, 4.69) is 0 Å². The number of fused-ring (bicyclic) bond motifs is 1. The molecule has 0 saturated heterocycles. The van der Waals surface area contributed by atoms with Gasteiger partial charge >= 0.3 is 5.97 Å². The molecule has 0 N–H and O–H groups in total. The Labute approximate surface area is 172 Å². The summed E-state index contributed by atoms with van der Waals surface area (Å²) in [6.45, 7) is 0. The van der Waals surface area contributed by atoms with Gasteiger partial charge in [-0.25, -0.2) is 4.79 Å². The van der Waals surface area contributed by atoms with E-state index in [-0.39, 0.29) is 17.1 Å². The Morgan fingerprint density at radius 3 is 2.62 bits per heavy atom. The summed E-state index contributed by atoms with van der Waals surface area (Å²) in [6, 6.07) is 18.5. The fourth-order valence-electron chi connectivity index (χ4n) is 2.90. The highest BCUT2D eigenvalue weighted by Crippen LogP contribution is 2.35. The predicted octanol–water partition coefficient (Wildman–Crippen LogP) is 5.18. The van der Waals surface area contributed by atoms with Crippen LogP contribution in [0.25, 0.3) is 6.08 Å². The van der Waals surface area contributed by atoms with Crippen molar-refractivity contribution < 1.29 is 23.8 Å². The van der Waals surface area contributed by atoms with Crippen LogP contribution in [0, 0.1) is 0 Å². The second-order valence-corrected chi connectivity index (χ2v) is 6.65. The number of ketones is 1. The molecule has 0 bridgehead atoms. The molecule has 0 radical (unpaired) electrons. The van der Waals surface area contributed by atoms with Crippen LogP contribution in [-0.2, 0) is 0 Å². The van der Waals surface area contributed by atoms with E-state index in [1.165, 1.54) is 0 Å². The number of rotatable bonds is 4. The van der Waals surface area contributed by atoms with Crippen molar-refractivity contribution in [3.63, 3.8) is 0 Å². The highest BCUT2D eigenvalue weighted by atomic mass is 35.5. The molecule has 1 aliphatic rings. The van der Waals surface area contributed by atoms with Gasteiger partial charge in [0.05, 0.1) is 23.3 Å². The minimum Gasteiger partial charge on any atom is -0.497 e. The van der Waals surface area contributed by atoms with E-state index in [1.807, 2.05) is 0 Å². The third-order valence-electron chi connectivity index (χ3n) is 4.34. The third-order valence-corrected chi connectivity index (χ3v) is 4.67. The van der Waals surface area contributed by atoms with Crippen LogP contribution in [0.1, 0.15) is 26.3 Å².